The van der Waals surface area contributed by atoms with Crippen LogP contribution in [0.2, 0.25) is 0 Å². The molecule has 2 fully saturated rings. The first kappa shape index (κ1) is 17.0. The summed E-state index contributed by atoms with van der Waals surface area (Å²) in [5, 5.41) is 0. The van der Waals surface area contributed by atoms with Crippen molar-refractivity contribution in [3.8, 4) is 0 Å². The molecule has 0 saturated carbocycles. The molecule has 126 valence electrons. The number of rotatable bonds is 2. The van der Waals surface area contributed by atoms with Gasteiger partial charge in [0.05, 0.1) is 6.04 Å². The van der Waals surface area contributed by atoms with E-state index in [0.29, 0.717) is 32.8 Å². The van der Waals surface area contributed by atoms with E-state index >= 15 is 0 Å². The van der Waals surface area contributed by atoms with Crippen LogP contribution in [0.4, 0.5) is 4.79 Å². The molecule has 0 aliphatic carbocycles. The van der Waals surface area contributed by atoms with Crippen molar-refractivity contribution in [2.75, 3.05) is 32.8 Å². The highest BCUT2D eigenvalue weighted by molar-refractivity contribution is 5.82. The molecule has 2 rings (SSSR count). The van der Waals surface area contributed by atoms with Gasteiger partial charge in [0.15, 0.2) is 0 Å². The van der Waals surface area contributed by atoms with E-state index in [9.17, 15) is 9.59 Å². The molecule has 0 spiro atoms. The number of carbonyl (C=O) groups excluding carboxylic acids is 2. The third-order valence-corrected chi connectivity index (χ3v) is 3.89. The molecule has 0 radical (unpaired) electrons. The topological polar surface area (TPSA) is 85.1 Å². The normalized spacial score (nSPS) is 26.2. The van der Waals surface area contributed by atoms with Crippen LogP contribution in [0.15, 0.2) is 0 Å². The predicted molar refractivity (Wildman–Crippen MR) is 81.3 cm³/mol. The zero-order valence-electron chi connectivity index (χ0n) is 13.7. The molecule has 2 amide bonds. The highest BCUT2D eigenvalue weighted by atomic mass is 16.6. The quantitative estimate of drug-likeness (QED) is 0.805. The van der Waals surface area contributed by atoms with Gasteiger partial charge >= 0.3 is 6.09 Å². The summed E-state index contributed by atoms with van der Waals surface area (Å²) in [4.78, 5) is 28.0. The highest BCUT2D eigenvalue weighted by Gasteiger charge is 2.37. The molecule has 22 heavy (non-hydrogen) atoms. The molecule has 0 aromatic rings. The molecule has 7 heteroatoms. The lowest BCUT2D eigenvalue weighted by atomic mass is 10.1. The van der Waals surface area contributed by atoms with Gasteiger partial charge in [0.2, 0.25) is 0 Å². The molecule has 2 heterocycles. The van der Waals surface area contributed by atoms with E-state index in [1.807, 2.05) is 20.8 Å². The monoisotopic (exact) mass is 313 g/mol. The van der Waals surface area contributed by atoms with Crippen LogP contribution in [0.1, 0.15) is 33.6 Å². The predicted octanol–water partition coefficient (Wildman–Crippen LogP) is 0.572. The first-order valence-corrected chi connectivity index (χ1v) is 7.92. The Morgan fingerprint density at radius 2 is 2.05 bits per heavy atom. The third kappa shape index (κ3) is 4.10. The molecule has 7 nitrogen and oxygen atoms in total. The van der Waals surface area contributed by atoms with E-state index in [0.717, 1.165) is 12.8 Å². The summed E-state index contributed by atoms with van der Waals surface area (Å²) in [5.41, 5.74) is 5.28. The average Bonchev–Trinajstić information content (AvgIpc) is 2.98. The molecule has 2 saturated heterocycles. The zero-order chi connectivity index (χ0) is 16.3. The van der Waals surface area contributed by atoms with Gasteiger partial charge in [0, 0.05) is 32.8 Å². The van der Waals surface area contributed by atoms with E-state index in [-0.39, 0.29) is 24.1 Å². The first-order valence-electron chi connectivity index (χ1n) is 7.92. The van der Waals surface area contributed by atoms with Crippen LogP contribution in [0.3, 0.4) is 0 Å². The average molecular weight is 313 g/mol. The van der Waals surface area contributed by atoms with Crippen molar-refractivity contribution in [2.24, 2.45) is 5.73 Å². The van der Waals surface area contributed by atoms with Crippen molar-refractivity contribution < 1.29 is 19.1 Å². The van der Waals surface area contributed by atoms with Gasteiger partial charge in [-0.3, -0.25) is 4.79 Å². The Balaban J connectivity index is 1.96. The second kappa shape index (κ2) is 6.83. The zero-order valence-corrected chi connectivity index (χ0v) is 13.7. The molecule has 0 aromatic heterocycles. The SMILES string of the molecule is CC(C)(C)OC(=O)N1CCN(C(=O)C2CCCO2)C(CN)C1. The fourth-order valence-electron chi connectivity index (χ4n) is 2.80. The molecule has 2 aliphatic rings. The molecule has 2 unspecified atom stereocenters. The van der Waals surface area contributed by atoms with Gasteiger partial charge in [0.25, 0.3) is 5.91 Å². The van der Waals surface area contributed by atoms with Gasteiger partial charge in [-0.25, -0.2) is 4.79 Å². The number of nitrogens with zero attached hydrogens (tertiary/aromatic N) is 2. The van der Waals surface area contributed by atoms with E-state index in [2.05, 4.69) is 0 Å². The Morgan fingerprint density at radius 3 is 2.59 bits per heavy atom. The van der Waals surface area contributed by atoms with Crippen molar-refractivity contribution >= 4 is 12.0 Å². The molecule has 0 aromatic carbocycles. The van der Waals surface area contributed by atoms with Gasteiger partial charge < -0.3 is 25.0 Å². The number of amides is 2. The van der Waals surface area contributed by atoms with Crippen LogP contribution in [0.5, 0.6) is 0 Å². The molecule has 2 aliphatic heterocycles. The number of hydrogen-bond acceptors (Lipinski definition) is 5. The van der Waals surface area contributed by atoms with Crippen molar-refractivity contribution in [3.05, 3.63) is 0 Å². The number of ether oxygens (including phenoxy) is 2. The second-order valence-corrected chi connectivity index (χ2v) is 6.85. The maximum absolute atomic E-state index is 12.5. The summed E-state index contributed by atoms with van der Waals surface area (Å²) in [6.45, 7) is 7.81. The second-order valence-electron chi connectivity index (χ2n) is 6.85. The van der Waals surface area contributed by atoms with Gasteiger partial charge in [-0.2, -0.15) is 0 Å². The summed E-state index contributed by atoms with van der Waals surface area (Å²) in [7, 11) is 0. The molecular weight excluding hydrogens is 286 g/mol. The lowest BCUT2D eigenvalue weighted by Crippen LogP contribution is -2.61. The summed E-state index contributed by atoms with van der Waals surface area (Å²) >= 11 is 0. The summed E-state index contributed by atoms with van der Waals surface area (Å²) in [6.07, 6.45) is 0.988. The lowest BCUT2D eigenvalue weighted by molar-refractivity contribution is -0.145. The fraction of sp³-hybridized carbons (Fsp3) is 0.867. The molecule has 2 N–H and O–H groups in total. The lowest BCUT2D eigenvalue weighted by Gasteiger charge is -2.41. The number of piperazine rings is 1. The van der Waals surface area contributed by atoms with Crippen molar-refractivity contribution in [2.45, 2.75) is 51.4 Å². The third-order valence-electron chi connectivity index (χ3n) is 3.89. The Hall–Kier alpha value is -1.34. The highest BCUT2D eigenvalue weighted by Crippen LogP contribution is 2.19. The standard InChI is InChI=1S/C15H27N3O4/c1-15(2,3)22-14(20)17-6-7-18(11(9-16)10-17)13(19)12-5-4-8-21-12/h11-12H,4-10,16H2,1-3H3. The van der Waals surface area contributed by atoms with Crippen LogP contribution in [-0.4, -0.2) is 72.3 Å². The van der Waals surface area contributed by atoms with E-state index in [1.165, 1.54) is 0 Å². The minimum Gasteiger partial charge on any atom is -0.444 e. The van der Waals surface area contributed by atoms with E-state index < -0.39 is 5.60 Å². The summed E-state index contributed by atoms with van der Waals surface area (Å²) < 4.78 is 10.8. The number of nitrogens with two attached hydrogens (primary N) is 1. The van der Waals surface area contributed by atoms with Gasteiger partial charge in [-0.15, -0.1) is 0 Å². The van der Waals surface area contributed by atoms with Gasteiger partial charge in [-0.1, -0.05) is 0 Å². The van der Waals surface area contributed by atoms with Crippen molar-refractivity contribution in [3.63, 3.8) is 0 Å². The fourth-order valence-corrected chi connectivity index (χ4v) is 2.80. The van der Waals surface area contributed by atoms with Crippen LogP contribution in [0.25, 0.3) is 0 Å². The summed E-state index contributed by atoms with van der Waals surface area (Å²) in [6, 6.07) is -0.182. The Kier molecular flexibility index (Phi) is 5.28. The van der Waals surface area contributed by atoms with Crippen molar-refractivity contribution in [1.29, 1.82) is 0 Å². The van der Waals surface area contributed by atoms with Gasteiger partial charge in [-0.05, 0) is 33.6 Å². The smallest absolute Gasteiger partial charge is 0.410 e. The Labute approximate surface area is 131 Å². The van der Waals surface area contributed by atoms with E-state index in [1.54, 1.807) is 9.80 Å². The number of carbonyl (C=O) groups is 2. The molecule has 0 bridgehead atoms. The van der Waals surface area contributed by atoms with Crippen LogP contribution in [-0.2, 0) is 14.3 Å². The minimum atomic E-state index is -0.528. The largest absolute Gasteiger partial charge is 0.444 e. The van der Waals surface area contributed by atoms with Crippen LogP contribution < -0.4 is 5.73 Å². The van der Waals surface area contributed by atoms with Crippen LogP contribution >= 0.6 is 0 Å². The van der Waals surface area contributed by atoms with Gasteiger partial charge in [0.1, 0.15) is 11.7 Å². The van der Waals surface area contributed by atoms with Crippen molar-refractivity contribution in [1.82, 2.24) is 9.80 Å². The maximum atomic E-state index is 12.5. The van der Waals surface area contributed by atoms with Crippen LogP contribution in [0, 0.1) is 0 Å². The Bertz CT molecular complexity index is 416. The number of hydrogen-bond donors (Lipinski definition) is 1. The first-order chi connectivity index (χ1) is 10.3. The summed E-state index contributed by atoms with van der Waals surface area (Å²) in [5.74, 6) is -0.00297. The Morgan fingerprint density at radius 1 is 1.32 bits per heavy atom. The minimum absolute atomic E-state index is 0.00297. The molecule has 2 atom stereocenters. The molecular formula is C15H27N3O4. The maximum Gasteiger partial charge on any atom is 0.410 e. The van der Waals surface area contributed by atoms with E-state index in [4.69, 9.17) is 15.2 Å².